The number of β-amino-alcohol motifs (C(OH)–C–C–N with tert-alkyl or cyclic N) is 4. The van der Waals surface area contributed by atoms with Crippen LogP contribution in [-0.2, 0) is 38.1 Å². The van der Waals surface area contributed by atoms with Gasteiger partial charge in [0.2, 0.25) is 0 Å². The van der Waals surface area contributed by atoms with Crippen molar-refractivity contribution in [1.82, 2.24) is 19.6 Å². The molecule has 1 heterocycles. The number of aliphatic hydroxyl groups excluding tert-OH is 4. The maximum atomic E-state index is 12.8. The second-order valence-corrected chi connectivity index (χ2v) is 25.5. The smallest absolute Gasteiger partial charge is 0.305 e. The van der Waals surface area contributed by atoms with Crippen LogP contribution in [0.4, 0.5) is 0 Å². The van der Waals surface area contributed by atoms with E-state index in [9.17, 15) is 39.6 Å². The Morgan fingerprint density at radius 3 is 0.678 bits per heavy atom. The largest absolute Gasteiger partial charge is 0.463 e. The lowest BCUT2D eigenvalue weighted by Gasteiger charge is -2.34. The molecule has 4 N–H and O–H groups in total. The molecule has 4 unspecified atom stereocenters. The highest BCUT2D eigenvalue weighted by Crippen LogP contribution is 2.14. The number of hydrogen-bond acceptors (Lipinski definition) is 16. The predicted molar refractivity (Wildman–Crippen MR) is 368 cm³/mol. The number of nitrogens with zero attached hydrogens (tertiary/aromatic N) is 4. The third kappa shape index (κ3) is 56.1. The second kappa shape index (κ2) is 62.9. The Labute approximate surface area is 549 Å². The Bertz CT molecular complexity index is 1550. The van der Waals surface area contributed by atoms with Gasteiger partial charge in [0.1, 0.15) is 50.8 Å². The number of unbranched alkanes of at least 4 members (excludes halogenated alkanes) is 24. The molecule has 1 fully saturated rings. The lowest BCUT2D eigenvalue weighted by molar-refractivity contribution is -0.148. The Morgan fingerprint density at radius 2 is 0.478 bits per heavy atom. The molecule has 1 aliphatic rings. The topological polar surface area (TPSA) is 199 Å². The van der Waals surface area contributed by atoms with Gasteiger partial charge in [-0.1, -0.05) is 179 Å². The fourth-order valence-electron chi connectivity index (χ4n) is 11.1. The van der Waals surface area contributed by atoms with Crippen molar-refractivity contribution in [3.63, 3.8) is 0 Å². The van der Waals surface area contributed by atoms with Crippen molar-refractivity contribution in [1.29, 1.82) is 0 Å². The van der Waals surface area contributed by atoms with E-state index in [1.807, 2.05) is 0 Å². The van der Waals surface area contributed by atoms with Gasteiger partial charge in [0.15, 0.2) is 0 Å². The van der Waals surface area contributed by atoms with Crippen LogP contribution < -0.4 is 0 Å². The average Bonchev–Trinajstić information content (AvgIpc) is 3.71. The molecule has 1 rings (SSSR count). The van der Waals surface area contributed by atoms with Crippen molar-refractivity contribution >= 4 is 23.9 Å². The molecule has 16 heteroatoms. The number of esters is 4. The maximum absolute atomic E-state index is 12.8. The van der Waals surface area contributed by atoms with Crippen LogP contribution in [-0.4, -0.2) is 193 Å². The Morgan fingerprint density at radius 1 is 0.289 bits per heavy atom. The van der Waals surface area contributed by atoms with Crippen molar-refractivity contribution in [3.05, 3.63) is 48.6 Å². The van der Waals surface area contributed by atoms with E-state index in [4.69, 9.17) is 18.9 Å². The number of hydrogen-bond donors (Lipinski definition) is 4. The SMILES string of the molecule is CCCCCCC/C=C\CCCC(=O)OCC(O)CN1CCCN(CC(O)COC(=O)CCC/C=C\CCCCCCC)CCN(CC(O)COC(=O)CCC/C=C\CCCCCCC)CCCN(CC(O)COC(=O)CCC/C=C\CCCCCCC)CC1. The minimum Gasteiger partial charge on any atom is -0.463 e. The number of allylic oxidation sites excluding steroid dienone is 8. The Kier molecular flexibility index (Phi) is 59.1. The first-order chi connectivity index (χ1) is 43.9. The quantitative estimate of drug-likeness (QED) is 0.0194. The van der Waals surface area contributed by atoms with Gasteiger partial charge in [0.25, 0.3) is 0 Å². The van der Waals surface area contributed by atoms with Crippen LogP contribution in [0.3, 0.4) is 0 Å². The van der Waals surface area contributed by atoms with E-state index in [0.29, 0.717) is 90.9 Å². The van der Waals surface area contributed by atoms with E-state index in [0.717, 1.165) is 51.4 Å². The molecular weight excluding hydrogens is 1140 g/mol. The number of carbonyl (C=O) groups is 4. The van der Waals surface area contributed by atoms with Crippen LogP contribution in [0.25, 0.3) is 0 Å². The maximum Gasteiger partial charge on any atom is 0.305 e. The number of aliphatic hydroxyl groups is 4. The van der Waals surface area contributed by atoms with Crippen LogP contribution in [0.1, 0.15) is 272 Å². The molecule has 0 aromatic carbocycles. The van der Waals surface area contributed by atoms with Gasteiger partial charge in [0.05, 0.1) is 0 Å². The molecule has 90 heavy (non-hydrogen) atoms. The fraction of sp³-hybridized carbons (Fsp3) is 0.838. The van der Waals surface area contributed by atoms with Crippen LogP contribution in [0, 0.1) is 0 Å². The molecule has 1 saturated heterocycles. The highest BCUT2D eigenvalue weighted by Gasteiger charge is 2.23. The van der Waals surface area contributed by atoms with E-state index in [-0.39, 0.29) is 102 Å². The fourth-order valence-corrected chi connectivity index (χ4v) is 11.1. The highest BCUT2D eigenvalue weighted by molar-refractivity contribution is 5.70. The molecule has 0 aromatic rings. The summed E-state index contributed by atoms with van der Waals surface area (Å²) in [6.07, 6.45) is 51.1. The summed E-state index contributed by atoms with van der Waals surface area (Å²) in [5.74, 6) is -1.33. The zero-order valence-corrected chi connectivity index (χ0v) is 58.0. The van der Waals surface area contributed by atoms with E-state index in [2.05, 4.69) is 95.9 Å². The van der Waals surface area contributed by atoms with Crippen molar-refractivity contribution in [3.8, 4) is 0 Å². The van der Waals surface area contributed by atoms with Gasteiger partial charge in [-0.2, -0.15) is 0 Å². The van der Waals surface area contributed by atoms with Gasteiger partial charge in [0, 0.05) is 78.0 Å². The minimum absolute atomic E-state index is 0.128. The Hall–Kier alpha value is -3.48. The normalized spacial score (nSPS) is 16.3. The minimum atomic E-state index is -0.940. The number of carbonyl (C=O) groups excluding carboxylic acids is 4. The molecule has 16 nitrogen and oxygen atoms in total. The lowest BCUT2D eigenvalue weighted by Crippen LogP contribution is -2.47. The third-order valence-electron chi connectivity index (χ3n) is 16.6. The molecule has 524 valence electrons. The summed E-state index contributed by atoms with van der Waals surface area (Å²) in [6.45, 7) is 13.7. The van der Waals surface area contributed by atoms with E-state index >= 15 is 0 Å². The van der Waals surface area contributed by atoms with Gasteiger partial charge < -0.3 is 39.4 Å². The molecule has 0 aliphatic carbocycles. The zero-order valence-electron chi connectivity index (χ0n) is 58.0. The zero-order chi connectivity index (χ0) is 65.6. The van der Waals surface area contributed by atoms with Crippen molar-refractivity contribution in [2.24, 2.45) is 0 Å². The summed E-state index contributed by atoms with van der Waals surface area (Å²) in [7, 11) is 0. The van der Waals surface area contributed by atoms with Gasteiger partial charge in [-0.25, -0.2) is 0 Å². The molecule has 1 aliphatic heterocycles. The summed E-state index contributed by atoms with van der Waals surface area (Å²) in [6, 6.07) is 0. The van der Waals surface area contributed by atoms with Crippen molar-refractivity contribution < 1.29 is 58.6 Å². The second-order valence-electron chi connectivity index (χ2n) is 25.5. The first-order valence-electron chi connectivity index (χ1n) is 36.7. The predicted octanol–water partition coefficient (Wildman–Crippen LogP) is 14.0. The van der Waals surface area contributed by atoms with Gasteiger partial charge in [-0.3, -0.25) is 38.8 Å². The summed E-state index contributed by atoms with van der Waals surface area (Å²) < 4.78 is 22.3. The lowest BCUT2D eigenvalue weighted by atomic mass is 10.1. The number of rotatable bonds is 56. The molecule has 0 bridgehead atoms. The van der Waals surface area contributed by atoms with Gasteiger partial charge in [-0.05, 0) is 142 Å². The van der Waals surface area contributed by atoms with E-state index in [1.165, 1.54) is 128 Å². The van der Waals surface area contributed by atoms with Crippen LogP contribution in [0.15, 0.2) is 48.6 Å². The van der Waals surface area contributed by atoms with Gasteiger partial charge in [-0.15, -0.1) is 0 Å². The third-order valence-corrected chi connectivity index (χ3v) is 16.6. The first-order valence-corrected chi connectivity index (χ1v) is 36.7. The highest BCUT2D eigenvalue weighted by atomic mass is 16.6. The van der Waals surface area contributed by atoms with Crippen LogP contribution in [0.2, 0.25) is 0 Å². The Balaban J connectivity index is 3.15. The molecule has 0 spiro atoms. The summed E-state index contributed by atoms with van der Waals surface area (Å²) in [5, 5.41) is 45.4. The molecule has 0 aromatic heterocycles. The molecule has 4 atom stereocenters. The number of ether oxygens (including phenoxy) is 4. The molecule has 0 saturated carbocycles. The monoisotopic (exact) mass is 1270 g/mol. The first kappa shape index (κ1) is 84.5. The van der Waals surface area contributed by atoms with Crippen LogP contribution in [0.5, 0.6) is 0 Å². The van der Waals surface area contributed by atoms with Crippen molar-refractivity contribution in [2.45, 2.75) is 296 Å². The van der Waals surface area contributed by atoms with E-state index in [1.54, 1.807) is 0 Å². The summed E-state index contributed by atoms with van der Waals surface area (Å²) >= 11 is 0. The standard InChI is InChI=1S/C74H136N4O12/c1-5-9-13-17-21-25-29-33-37-41-47-71(83)87-63-67(79)59-75-51-45-52-77(61-69(81)65-89-73(85)49-43-39-35-31-27-23-19-15-11-7-3)57-58-78(62-70(82)66-90-74(86)50-44-40-36-32-28-24-20-16-12-8-4)54-46-53-76(56-55-75)60-68(80)64-88-72(84)48-42-38-34-30-26-22-18-14-10-6-2/h29-36,67-70,79-82H,5-28,37-66H2,1-4H3/b33-29-,34-30-,35-31-,36-32-. The summed E-state index contributed by atoms with van der Waals surface area (Å²) in [4.78, 5) is 59.8. The van der Waals surface area contributed by atoms with Gasteiger partial charge >= 0.3 is 23.9 Å². The van der Waals surface area contributed by atoms with Crippen LogP contribution >= 0.6 is 0 Å². The van der Waals surface area contributed by atoms with Crippen molar-refractivity contribution in [2.75, 3.05) is 105 Å². The molecule has 0 amide bonds. The molecule has 0 radical (unpaired) electrons. The summed E-state index contributed by atoms with van der Waals surface area (Å²) in [5.41, 5.74) is 0. The van der Waals surface area contributed by atoms with E-state index < -0.39 is 24.4 Å². The molecular formula is C74H136N4O12. The average molecular weight is 1270 g/mol.